The molecule has 5 heteroatoms. The Hall–Kier alpha value is -2.24. The first-order valence-corrected chi connectivity index (χ1v) is 9.28. The van der Waals surface area contributed by atoms with E-state index in [2.05, 4.69) is 37.4 Å². The van der Waals surface area contributed by atoms with Crippen LogP contribution in [-0.4, -0.2) is 38.6 Å². The summed E-state index contributed by atoms with van der Waals surface area (Å²) in [5.74, 6) is -0.387. The Bertz CT molecular complexity index is 770. The second-order valence-electron chi connectivity index (χ2n) is 7.34. The normalized spacial score (nSPS) is 20.0. The van der Waals surface area contributed by atoms with E-state index in [0.717, 1.165) is 32.7 Å². The summed E-state index contributed by atoms with van der Waals surface area (Å²) in [6, 6.07) is 12.7. The summed E-state index contributed by atoms with van der Waals surface area (Å²) in [4.78, 5) is 15.1. The van der Waals surface area contributed by atoms with Crippen LogP contribution in [0.1, 0.15) is 16.7 Å². The standard InChI is InChI=1S/C21H26FN3O/c1-16-6-7-17(2)18(12-16)14-24-8-10-25(11-9-24)15-21(26)23-20-5-3-4-19(22)13-20/h3-7,12-13H,8-11,14-15H2,1-2H3,(H,23,26)/p+2. The van der Waals surface area contributed by atoms with E-state index in [4.69, 9.17) is 0 Å². The summed E-state index contributed by atoms with van der Waals surface area (Å²) < 4.78 is 13.2. The largest absolute Gasteiger partial charge is 0.322 e. The molecule has 2 aromatic rings. The van der Waals surface area contributed by atoms with Gasteiger partial charge in [0.25, 0.3) is 5.91 Å². The first-order chi connectivity index (χ1) is 12.5. The van der Waals surface area contributed by atoms with E-state index in [0.29, 0.717) is 12.2 Å². The molecule has 1 heterocycles. The number of nitrogens with one attached hydrogen (secondary N) is 3. The third kappa shape index (κ3) is 5.13. The average molecular weight is 357 g/mol. The number of benzene rings is 2. The number of rotatable bonds is 5. The lowest BCUT2D eigenvalue weighted by molar-refractivity contribution is -1.02. The maximum atomic E-state index is 13.2. The Morgan fingerprint density at radius 1 is 1.04 bits per heavy atom. The molecule has 26 heavy (non-hydrogen) atoms. The molecule has 3 rings (SSSR count). The molecule has 1 amide bonds. The minimum Gasteiger partial charge on any atom is -0.322 e. The number of piperazine rings is 1. The third-order valence-corrected chi connectivity index (χ3v) is 5.13. The molecule has 1 aliphatic rings. The van der Waals surface area contributed by atoms with Crippen LogP contribution in [0.5, 0.6) is 0 Å². The van der Waals surface area contributed by atoms with E-state index >= 15 is 0 Å². The predicted octanol–water partition coefficient (Wildman–Crippen LogP) is 0.365. The van der Waals surface area contributed by atoms with Crippen LogP contribution in [0.4, 0.5) is 10.1 Å². The maximum Gasteiger partial charge on any atom is 0.279 e. The van der Waals surface area contributed by atoms with Crippen LogP contribution in [0.15, 0.2) is 42.5 Å². The summed E-state index contributed by atoms with van der Waals surface area (Å²) in [7, 11) is 0. The molecule has 0 bridgehead atoms. The van der Waals surface area contributed by atoms with E-state index in [9.17, 15) is 9.18 Å². The van der Waals surface area contributed by atoms with Gasteiger partial charge in [0.05, 0.1) is 0 Å². The average Bonchev–Trinajstić information content (AvgIpc) is 2.60. The molecule has 1 aliphatic heterocycles. The van der Waals surface area contributed by atoms with Gasteiger partial charge in [0.15, 0.2) is 6.54 Å². The zero-order chi connectivity index (χ0) is 18.5. The number of quaternary nitrogens is 2. The fourth-order valence-corrected chi connectivity index (χ4v) is 3.57. The van der Waals surface area contributed by atoms with Gasteiger partial charge in [-0.3, -0.25) is 4.79 Å². The zero-order valence-electron chi connectivity index (χ0n) is 15.6. The van der Waals surface area contributed by atoms with Gasteiger partial charge in [0.2, 0.25) is 0 Å². The monoisotopic (exact) mass is 357 g/mol. The van der Waals surface area contributed by atoms with Gasteiger partial charge in [0, 0.05) is 11.3 Å². The summed E-state index contributed by atoms with van der Waals surface area (Å²) in [6.07, 6.45) is 0. The van der Waals surface area contributed by atoms with Crippen LogP contribution in [0.25, 0.3) is 0 Å². The van der Waals surface area contributed by atoms with E-state index in [1.807, 2.05) is 0 Å². The summed E-state index contributed by atoms with van der Waals surface area (Å²) in [6.45, 7) is 9.90. The van der Waals surface area contributed by atoms with Crippen molar-refractivity contribution in [2.24, 2.45) is 0 Å². The number of halogens is 1. The van der Waals surface area contributed by atoms with Gasteiger partial charge in [-0.15, -0.1) is 0 Å². The fourth-order valence-electron chi connectivity index (χ4n) is 3.57. The molecule has 3 N–H and O–H groups in total. The van der Waals surface area contributed by atoms with Crippen molar-refractivity contribution < 1.29 is 19.0 Å². The molecular formula is C21H28FN3O+2. The highest BCUT2D eigenvalue weighted by atomic mass is 19.1. The van der Waals surface area contributed by atoms with Gasteiger partial charge in [0.1, 0.15) is 38.5 Å². The van der Waals surface area contributed by atoms with E-state index < -0.39 is 0 Å². The number of aryl methyl sites for hydroxylation is 2. The van der Waals surface area contributed by atoms with Crippen LogP contribution in [0, 0.1) is 19.7 Å². The molecule has 0 radical (unpaired) electrons. The molecule has 138 valence electrons. The van der Waals surface area contributed by atoms with Gasteiger partial charge in [-0.1, -0.05) is 29.8 Å². The van der Waals surface area contributed by atoms with E-state index in [-0.39, 0.29) is 11.7 Å². The molecule has 0 unspecified atom stereocenters. The molecule has 0 atom stereocenters. The van der Waals surface area contributed by atoms with Crippen LogP contribution >= 0.6 is 0 Å². The molecule has 0 saturated carbocycles. The maximum absolute atomic E-state index is 13.2. The van der Waals surface area contributed by atoms with Crippen LogP contribution in [0.2, 0.25) is 0 Å². The molecule has 0 spiro atoms. The smallest absolute Gasteiger partial charge is 0.279 e. The topological polar surface area (TPSA) is 38.0 Å². The van der Waals surface area contributed by atoms with Crippen molar-refractivity contribution in [2.75, 3.05) is 38.0 Å². The number of hydrogen-bond acceptors (Lipinski definition) is 1. The predicted molar refractivity (Wildman–Crippen MR) is 101 cm³/mol. The van der Waals surface area contributed by atoms with Gasteiger partial charge in [-0.25, -0.2) is 4.39 Å². The third-order valence-electron chi connectivity index (χ3n) is 5.13. The molecule has 0 aliphatic carbocycles. The van der Waals surface area contributed by atoms with Crippen molar-refractivity contribution in [3.05, 3.63) is 65.0 Å². The lowest BCUT2D eigenvalue weighted by Gasteiger charge is -2.29. The summed E-state index contributed by atoms with van der Waals surface area (Å²) >= 11 is 0. The minimum atomic E-state index is -0.334. The van der Waals surface area contributed by atoms with Crippen LogP contribution < -0.4 is 15.1 Å². The van der Waals surface area contributed by atoms with Crippen molar-refractivity contribution >= 4 is 11.6 Å². The summed E-state index contributed by atoms with van der Waals surface area (Å²) in [5, 5.41) is 2.79. The minimum absolute atomic E-state index is 0.0522. The van der Waals surface area contributed by atoms with Crippen molar-refractivity contribution in [1.29, 1.82) is 0 Å². The Balaban J connectivity index is 1.46. The zero-order valence-corrected chi connectivity index (χ0v) is 15.6. The fraction of sp³-hybridized carbons (Fsp3) is 0.381. The van der Waals surface area contributed by atoms with Gasteiger partial charge < -0.3 is 15.1 Å². The molecule has 4 nitrogen and oxygen atoms in total. The van der Waals surface area contributed by atoms with Crippen LogP contribution in [0.3, 0.4) is 0 Å². The van der Waals surface area contributed by atoms with E-state index in [1.54, 1.807) is 17.0 Å². The van der Waals surface area contributed by atoms with Crippen molar-refractivity contribution in [2.45, 2.75) is 20.4 Å². The Morgan fingerprint density at radius 2 is 1.77 bits per heavy atom. The Kier molecular flexibility index (Phi) is 6.01. The highest BCUT2D eigenvalue weighted by molar-refractivity contribution is 5.91. The number of amides is 1. The number of anilines is 1. The molecule has 1 fully saturated rings. The molecule has 2 aromatic carbocycles. The Labute approximate surface area is 154 Å². The first kappa shape index (κ1) is 18.5. The van der Waals surface area contributed by atoms with Gasteiger partial charge in [-0.05, 0) is 37.6 Å². The lowest BCUT2D eigenvalue weighted by atomic mass is 10.0. The van der Waals surface area contributed by atoms with Crippen LogP contribution in [-0.2, 0) is 11.3 Å². The number of carbonyl (C=O) groups is 1. The highest BCUT2D eigenvalue weighted by Gasteiger charge is 2.25. The molecule has 0 aromatic heterocycles. The first-order valence-electron chi connectivity index (χ1n) is 9.28. The second-order valence-corrected chi connectivity index (χ2v) is 7.34. The molecule has 1 saturated heterocycles. The number of carbonyl (C=O) groups excluding carboxylic acids is 1. The highest BCUT2D eigenvalue weighted by Crippen LogP contribution is 2.09. The summed E-state index contributed by atoms with van der Waals surface area (Å²) in [5.41, 5.74) is 4.61. The quantitative estimate of drug-likeness (QED) is 0.711. The van der Waals surface area contributed by atoms with Crippen molar-refractivity contribution in [3.63, 3.8) is 0 Å². The second kappa shape index (κ2) is 8.43. The van der Waals surface area contributed by atoms with E-state index in [1.165, 1.54) is 33.7 Å². The lowest BCUT2D eigenvalue weighted by Crippen LogP contribution is -3.28. The van der Waals surface area contributed by atoms with Gasteiger partial charge >= 0.3 is 0 Å². The van der Waals surface area contributed by atoms with Crippen molar-refractivity contribution in [3.8, 4) is 0 Å². The SMILES string of the molecule is Cc1ccc(C)c(C[NH+]2CC[NH+](CC(=O)Nc3cccc(F)c3)CC2)c1. The van der Waals surface area contributed by atoms with Gasteiger partial charge in [-0.2, -0.15) is 0 Å². The molecular weight excluding hydrogens is 329 g/mol. The van der Waals surface area contributed by atoms with Crippen molar-refractivity contribution in [1.82, 2.24) is 0 Å². The Morgan fingerprint density at radius 3 is 2.50 bits per heavy atom. The number of hydrogen-bond donors (Lipinski definition) is 3.